The van der Waals surface area contributed by atoms with Gasteiger partial charge in [-0.2, -0.15) is 4.33 Å². The van der Waals surface area contributed by atoms with Crippen LogP contribution in [0.5, 0.6) is 17.4 Å². The first-order chi connectivity index (χ1) is 20.1. The van der Waals surface area contributed by atoms with Crippen LogP contribution in [0.4, 0.5) is 10.1 Å². The number of halogens is 1. The van der Waals surface area contributed by atoms with Crippen LogP contribution in [0.1, 0.15) is 11.1 Å². The number of fused-ring (bicyclic) bond motifs is 2. The number of hydrogen-bond acceptors (Lipinski definition) is 9. The number of rotatable bonds is 11. The Labute approximate surface area is 246 Å². The fourth-order valence-corrected chi connectivity index (χ4v) is 5.69. The SMILES string of the molecule is COOSc1cc(F)ccc1Cn1cc2c(N(C)S(C)(=O)=O)c3cccnc3c(OCc3ccc(OC)cc3)c2c1O. The van der Waals surface area contributed by atoms with E-state index in [1.54, 1.807) is 37.7 Å². The highest BCUT2D eigenvalue weighted by atomic mass is 32.2. The highest BCUT2D eigenvalue weighted by molar-refractivity contribution is 7.94. The third kappa shape index (κ3) is 5.81. The number of anilines is 1. The van der Waals surface area contributed by atoms with Crippen molar-refractivity contribution in [1.29, 1.82) is 0 Å². The lowest BCUT2D eigenvalue weighted by atomic mass is 10.1. The van der Waals surface area contributed by atoms with Crippen molar-refractivity contribution >= 4 is 49.4 Å². The molecule has 220 valence electrons. The van der Waals surface area contributed by atoms with Crippen molar-refractivity contribution in [1.82, 2.24) is 9.55 Å². The van der Waals surface area contributed by atoms with Crippen molar-refractivity contribution in [2.24, 2.45) is 0 Å². The molecule has 3 aromatic carbocycles. The van der Waals surface area contributed by atoms with E-state index in [1.165, 1.54) is 30.9 Å². The number of hydrogen-bond donors (Lipinski definition) is 1. The van der Waals surface area contributed by atoms with E-state index >= 15 is 0 Å². The smallest absolute Gasteiger partial charge is 0.232 e. The van der Waals surface area contributed by atoms with E-state index in [2.05, 4.69) is 9.87 Å². The minimum atomic E-state index is -3.71. The summed E-state index contributed by atoms with van der Waals surface area (Å²) in [6.07, 6.45) is 4.32. The number of aromatic hydroxyl groups is 1. The summed E-state index contributed by atoms with van der Waals surface area (Å²) in [7, 11) is 0.653. The second-order valence-electron chi connectivity index (χ2n) is 9.38. The van der Waals surface area contributed by atoms with E-state index < -0.39 is 15.8 Å². The average molecular weight is 614 g/mol. The molecule has 0 fully saturated rings. The molecule has 0 unspecified atom stereocenters. The van der Waals surface area contributed by atoms with Crippen molar-refractivity contribution in [3.8, 4) is 17.4 Å². The highest BCUT2D eigenvalue weighted by Crippen LogP contribution is 2.47. The molecule has 1 N–H and O–H groups in total. The Balaban J connectivity index is 1.71. The van der Waals surface area contributed by atoms with Gasteiger partial charge in [0.05, 0.1) is 50.1 Å². The third-order valence-corrected chi connectivity index (χ3v) is 8.67. The molecule has 13 heteroatoms. The second kappa shape index (κ2) is 12.1. The summed E-state index contributed by atoms with van der Waals surface area (Å²) in [6.45, 7) is 0.240. The topological polar surface area (TPSA) is 112 Å². The van der Waals surface area contributed by atoms with E-state index in [4.69, 9.17) is 13.8 Å². The van der Waals surface area contributed by atoms with E-state index in [0.29, 0.717) is 38.2 Å². The molecular weight excluding hydrogens is 585 g/mol. The molecule has 0 aliphatic carbocycles. The van der Waals surface area contributed by atoms with Gasteiger partial charge in [0.2, 0.25) is 15.9 Å². The maximum absolute atomic E-state index is 14.0. The molecule has 2 heterocycles. The molecular formula is C29H28FN3O7S2. The average Bonchev–Trinajstić information content (AvgIpc) is 3.29. The lowest BCUT2D eigenvalue weighted by Crippen LogP contribution is -2.25. The number of benzene rings is 3. The zero-order valence-electron chi connectivity index (χ0n) is 23.2. The number of pyridine rings is 1. The van der Waals surface area contributed by atoms with Crippen LogP contribution in [0.3, 0.4) is 0 Å². The van der Waals surface area contributed by atoms with Crippen molar-refractivity contribution in [3.63, 3.8) is 0 Å². The van der Waals surface area contributed by atoms with Gasteiger partial charge < -0.3 is 19.1 Å². The van der Waals surface area contributed by atoms with Crippen molar-refractivity contribution in [3.05, 3.63) is 83.9 Å². The van der Waals surface area contributed by atoms with Crippen LogP contribution in [0.15, 0.2) is 71.9 Å². The minimum absolute atomic E-state index is 0.0971. The van der Waals surface area contributed by atoms with E-state index in [1.807, 2.05) is 24.3 Å². The van der Waals surface area contributed by atoms with Gasteiger partial charge in [0.15, 0.2) is 5.75 Å². The number of methoxy groups -OCH3 is 1. The molecule has 0 bridgehead atoms. The fourth-order valence-electron chi connectivity index (χ4n) is 4.62. The predicted octanol–water partition coefficient (Wildman–Crippen LogP) is 5.65. The van der Waals surface area contributed by atoms with Crippen molar-refractivity contribution in [2.75, 3.05) is 31.8 Å². The number of sulfonamides is 1. The molecule has 0 radical (unpaired) electrons. The van der Waals surface area contributed by atoms with Crippen LogP contribution in [0, 0.1) is 5.82 Å². The van der Waals surface area contributed by atoms with Gasteiger partial charge in [0.25, 0.3) is 0 Å². The predicted molar refractivity (Wildman–Crippen MR) is 159 cm³/mol. The summed E-state index contributed by atoms with van der Waals surface area (Å²) >= 11 is 0.830. The summed E-state index contributed by atoms with van der Waals surface area (Å²) in [5.41, 5.74) is 2.17. The highest BCUT2D eigenvalue weighted by Gasteiger charge is 2.27. The lowest BCUT2D eigenvalue weighted by molar-refractivity contribution is -0.160. The number of ether oxygens (including phenoxy) is 2. The van der Waals surface area contributed by atoms with Crippen LogP contribution >= 0.6 is 12.0 Å². The van der Waals surface area contributed by atoms with E-state index in [0.717, 1.165) is 28.2 Å². The summed E-state index contributed by atoms with van der Waals surface area (Å²) in [6, 6.07) is 15.0. The summed E-state index contributed by atoms with van der Waals surface area (Å²) < 4.78 is 58.7. The summed E-state index contributed by atoms with van der Waals surface area (Å²) in [5.74, 6) is 0.338. The molecule has 0 saturated carbocycles. The maximum Gasteiger partial charge on any atom is 0.232 e. The maximum atomic E-state index is 14.0. The zero-order chi connectivity index (χ0) is 30.0. The molecule has 0 saturated heterocycles. The van der Waals surface area contributed by atoms with E-state index in [-0.39, 0.29) is 30.2 Å². The summed E-state index contributed by atoms with van der Waals surface area (Å²) in [4.78, 5) is 9.63. The second-order valence-corrected chi connectivity index (χ2v) is 12.1. The van der Waals surface area contributed by atoms with Gasteiger partial charge >= 0.3 is 0 Å². The van der Waals surface area contributed by atoms with Gasteiger partial charge in [-0.3, -0.25) is 9.29 Å². The van der Waals surface area contributed by atoms with Gasteiger partial charge in [0, 0.05) is 35.1 Å². The van der Waals surface area contributed by atoms with Crippen LogP contribution in [0.2, 0.25) is 0 Å². The lowest BCUT2D eigenvalue weighted by Gasteiger charge is -2.21. The normalized spacial score (nSPS) is 11.7. The fraction of sp³-hybridized carbons (Fsp3) is 0.207. The van der Waals surface area contributed by atoms with Crippen molar-refractivity contribution in [2.45, 2.75) is 18.0 Å². The molecule has 2 aromatic heterocycles. The van der Waals surface area contributed by atoms with Gasteiger partial charge in [-0.25, -0.2) is 17.7 Å². The van der Waals surface area contributed by atoms with Gasteiger partial charge in [-0.05, 0) is 47.5 Å². The first-order valence-electron chi connectivity index (χ1n) is 12.6. The molecule has 5 rings (SSSR count). The Kier molecular flexibility index (Phi) is 8.45. The monoisotopic (exact) mass is 613 g/mol. The van der Waals surface area contributed by atoms with Gasteiger partial charge in [-0.15, -0.1) is 0 Å². The van der Waals surface area contributed by atoms with Crippen LogP contribution in [0.25, 0.3) is 21.7 Å². The van der Waals surface area contributed by atoms with E-state index in [9.17, 15) is 17.9 Å². The largest absolute Gasteiger partial charge is 0.497 e. The molecule has 0 amide bonds. The third-order valence-electron chi connectivity index (χ3n) is 6.73. The van der Waals surface area contributed by atoms with Crippen LogP contribution in [-0.2, 0) is 32.4 Å². The molecule has 0 aliphatic heterocycles. The quantitative estimate of drug-likeness (QED) is 0.115. The van der Waals surface area contributed by atoms with Crippen LogP contribution < -0.4 is 13.8 Å². The standard InChI is InChI=1S/C29H28FN3O7S2/c1-32(42(4,35)36)27-22-6-5-13-31-26(22)28(39-17-18-7-11-21(37-2)12-8-18)25-23(27)16-33(29(25)34)15-19-9-10-20(30)14-24(19)41-40-38-3/h5-14,16,34H,15,17H2,1-4H3. The Morgan fingerprint density at radius 3 is 2.55 bits per heavy atom. The van der Waals surface area contributed by atoms with Gasteiger partial charge in [-0.1, -0.05) is 18.2 Å². The first kappa shape index (κ1) is 29.5. The molecule has 0 atom stereocenters. The van der Waals surface area contributed by atoms with Crippen molar-refractivity contribution < 1.29 is 36.6 Å². The minimum Gasteiger partial charge on any atom is -0.497 e. The van der Waals surface area contributed by atoms with Gasteiger partial charge in [0.1, 0.15) is 23.7 Å². The molecule has 5 aromatic rings. The number of aromatic nitrogens is 2. The molecule has 0 aliphatic rings. The Morgan fingerprint density at radius 2 is 1.86 bits per heavy atom. The zero-order valence-corrected chi connectivity index (χ0v) is 24.8. The molecule has 10 nitrogen and oxygen atoms in total. The Bertz CT molecular complexity index is 1860. The molecule has 42 heavy (non-hydrogen) atoms. The molecule has 0 spiro atoms. The first-order valence-corrected chi connectivity index (χ1v) is 15.2. The number of nitrogens with zero attached hydrogens (tertiary/aromatic N) is 3. The summed E-state index contributed by atoms with van der Waals surface area (Å²) in [5, 5.41) is 12.8. The Hall–Kier alpha value is -4.04. The Morgan fingerprint density at radius 1 is 1.10 bits per heavy atom. The van der Waals surface area contributed by atoms with Crippen LogP contribution in [-0.4, -0.2) is 50.6 Å².